The molecule has 0 saturated heterocycles. The lowest BCUT2D eigenvalue weighted by Gasteiger charge is -2.03. The molecule has 2 N–H and O–H groups in total. The Labute approximate surface area is 121 Å². The fourth-order valence-electron chi connectivity index (χ4n) is 2.38. The predicted octanol–water partition coefficient (Wildman–Crippen LogP) is 4.57. The fraction of sp³-hybridized carbons (Fsp3) is 0. The lowest BCUT2D eigenvalue weighted by atomic mass is 10.2. The molecular formula is C17H13N3O. The second kappa shape index (κ2) is 4.83. The number of H-pyrrole nitrogens is 1. The summed E-state index contributed by atoms with van der Waals surface area (Å²) in [6, 6.07) is 18.5. The van der Waals surface area contributed by atoms with Crippen molar-refractivity contribution in [2.45, 2.75) is 0 Å². The van der Waals surface area contributed by atoms with Crippen LogP contribution in [0.3, 0.4) is 0 Å². The number of nitrogens with one attached hydrogen (secondary N) is 2. The molecule has 4 aromatic rings. The molecule has 102 valence electrons. The molecule has 2 heterocycles. The SMILES string of the molecule is c1ccc(-c2cnc(Nc3cccc4[nH]ccc34)o2)cc1. The third-order valence-electron chi connectivity index (χ3n) is 3.40. The minimum absolute atomic E-state index is 0.488. The minimum atomic E-state index is 0.488. The summed E-state index contributed by atoms with van der Waals surface area (Å²) in [6.07, 6.45) is 3.65. The molecule has 0 radical (unpaired) electrons. The maximum absolute atomic E-state index is 5.77. The van der Waals surface area contributed by atoms with Gasteiger partial charge in [0.05, 0.1) is 11.9 Å². The smallest absolute Gasteiger partial charge is 0.299 e. The van der Waals surface area contributed by atoms with Crippen LogP contribution < -0.4 is 5.32 Å². The number of aromatic nitrogens is 2. The molecule has 2 aromatic heterocycles. The van der Waals surface area contributed by atoms with Crippen LogP contribution in [0.25, 0.3) is 22.2 Å². The highest BCUT2D eigenvalue weighted by atomic mass is 16.4. The fourth-order valence-corrected chi connectivity index (χ4v) is 2.38. The van der Waals surface area contributed by atoms with Crippen LogP contribution in [0.2, 0.25) is 0 Å². The molecular weight excluding hydrogens is 262 g/mol. The third-order valence-corrected chi connectivity index (χ3v) is 3.40. The van der Waals surface area contributed by atoms with E-state index in [1.807, 2.05) is 60.8 Å². The number of nitrogens with zero attached hydrogens (tertiary/aromatic N) is 1. The predicted molar refractivity (Wildman–Crippen MR) is 83.5 cm³/mol. The zero-order valence-corrected chi connectivity index (χ0v) is 11.2. The van der Waals surface area contributed by atoms with Gasteiger partial charge in [-0.25, -0.2) is 4.98 Å². The van der Waals surface area contributed by atoms with Crippen LogP contribution in [0.1, 0.15) is 0 Å². The molecule has 0 aliphatic heterocycles. The van der Waals surface area contributed by atoms with Gasteiger partial charge in [0.2, 0.25) is 0 Å². The Morgan fingerprint density at radius 2 is 1.86 bits per heavy atom. The van der Waals surface area contributed by atoms with E-state index in [-0.39, 0.29) is 0 Å². The van der Waals surface area contributed by atoms with Gasteiger partial charge >= 0.3 is 0 Å². The molecule has 0 saturated carbocycles. The molecule has 2 aromatic carbocycles. The normalized spacial score (nSPS) is 10.9. The first kappa shape index (κ1) is 11.8. The third kappa shape index (κ3) is 2.17. The van der Waals surface area contributed by atoms with E-state index in [1.165, 1.54) is 0 Å². The maximum atomic E-state index is 5.77. The number of hydrogen-bond donors (Lipinski definition) is 2. The van der Waals surface area contributed by atoms with E-state index in [1.54, 1.807) is 6.20 Å². The van der Waals surface area contributed by atoms with Gasteiger partial charge in [0.1, 0.15) is 0 Å². The zero-order chi connectivity index (χ0) is 14.1. The van der Waals surface area contributed by atoms with Crippen molar-refractivity contribution >= 4 is 22.6 Å². The van der Waals surface area contributed by atoms with Crippen molar-refractivity contribution in [2.24, 2.45) is 0 Å². The van der Waals surface area contributed by atoms with Crippen molar-refractivity contribution in [2.75, 3.05) is 5.32 Å². The van der Waals surface area contributed by atoms with Crippen molar-refractivity contribution in [1.29, 1.82) is 0 Å². The number of fused-ring (bicyclic) bond motifs is 1. The van der Waals surface area contributed by atoms with Crippen LogP contribution in [0.15, 0.2) is 71.4 Å². The van der Waals surface area contributed by atoms with Gasteiger partial charge < -0.3 is 14.7 Å². The monoisotopic (exact) mass is 275 g/mol. The van der Waals surface area contributed by atoms with E-state index in [2.05, 4.69) is 15.3 Å². The van der Waals surface area contributed by atoms with Gasteiger partial charge in [-0.3, -0.25) is 0 Å². The van der Waals surface area contributed by atoms with Gasteiger partial charge in [-0.05, 0) is 18.2 Å². The summed E-state index contributed by atoms with van der Waals surface area (Å²) in [5.74, 6) is 0.749. The Kier molecular flexibility index (Phi) is 2.71. The highest BCUT2D eigenvalue weighted by Gasteiger charge is 2.08. The first-order valence-electron chi connectivity index (χ1n) is 6.74. The highest BCUT2D eigenvalue weighted by molar-refractivity contribution is 5.93. The number of oxazole rings is 1. The van der Waals surface area contributed by atoms with Crippen molar-refractivity contribution in [1.82, 2.24) is 9.97 Å². The van der Waals surface area contributed by atoms with Crippen LogP contribution in [0.5, 0.6) is 0 Å². The maximum Gasteiger partial charge on any atom is 0.299 e. The molecule has 0 unspecified atom stereocenters. The van der Waals surface area contributed by atoms with Gasteiger partial charge in [0.15, 0.2) is 5.76 Å². The van der Waals surface area contributed by atoms with Gasteiger partial charge in [-0.2, -0.15) is 0 Å². The summed E-state index contributed by atoms with van der Waals surface area (Å²) < 4.78 is 5.77. The van der Waals surface area contributed by atoms with Gasteiger partial charge in [-0.15, -0.1) is 0 Å². The van der Waals surface area contributed by atoms with Crippen LogP contribution in [0, 0.1) is 0 Å². The molecule has 4 rings (SSSR count). The molecule has 0 bridgehead atoms. The van der Waals surface area contributed by atoms with Crippen LogP contribution in [-0.2, 0) is 0 Å². The van der Waals surface area contributed by atoms with E-state index in [0.29, 0.717) is 6.01 Å². The number of rotatable bonds is 3. The Hall–Kier alpha value is -3.01. The number of anilines is 2. The lowest BCUT2D eigenvalue weighted by molar-refractivity contribution is 0.592. The first-order valence-corrected chi connectivity index (χ1v) is 6.74. The van der Waals surface area contributed by atoms with Crippen molar-refractivity contribution in [3.8, 4) is 11.3 Å². The average molecular weight is 275 g/mol. The standard InChI is InChI=1S/C17H13N3O/c1-2-5-12(6-3-1)16-11-19-17(21-16)20-15-8-4-7-14-13(15)9-10-18-14/h1-11,18H,(H,19,20). The van der Waals surface area contributed by atoms with Crippen LogP contribution in [0.4, 0.5) is 11.7 Å². The van der Waals surface area contributed by atoms with Crippen molar-refractivity contribution in [3.63, 3.8) is 0 Å². The van der Waals surface area contributed by atoms with Crippen LogP contribution >= 0.6 is 0 Å². The van der Waals surface area contributed by atoms with Gasteiger partial charge in [-0.1, -0.05) is 36.4 Å². The summed E-state index contributed by atoms with van der Waals surface area (Å²) >= 11 is 0. The largest absolute Gasteiger partial charge is 0.423 e. The topological polar surface area (TPSA) is 53.9 Å². The summed E-state index contributed by atoms with van der Waals surface area (Å²) in [7, 11) is 0. The lowest BCUT2D eigenvalue weighted by Crippen LogP contribution is -1.90. The van der Waals surface area contributed by atoms with Crippen molar-refractivity contribution in [3.05, 3.63) is 67.0 Å². The molecule has 0 fully saturated rings. The Balaban J connectivity index is 1.66. The van der Waals surface area contributed by atoms with Crippen molar-refractivity contribution < 1.29 is 4.42 Å². The molecule has 0 spiro atoms. The highest BCUT2D eigenvalue weighted by Crippen LogP contribution is 2.28. The summed E-state index contributed by atoms with van der Waals surface area (Å²) in [5.41, 5.74) is 3.06. The van der Waals surface area contributed by atoms with Crippen LogP contribution in [-0.4, -0.2) is 9.97 Å². The second-order valence-corrected chi connectivity index (χ2v) is 4.77. The van der Waals surface area contributed by atoms with Gasteiger partial charge in [0, 0.05) is 22.7 Å². The molecule has 4 nitrogen and oxygen atoms in total. The summed E-state index contributed by atoms with van der Waals surface area (Å²) in [5, 5.41) is 4.33. The van der Waals surface area contributed by atoms with E-state index < -0.39 is 0 Å². The Bertz CT molecular complexity index is 877. The van der Waals surface area contributed by atoms with Gasteiger partial charge in [0.25, 0.3) is 6.01 Å². The second-order valence-electron chi connectivity index (χ2n) is 4.77. The van der Waals surface area contributed by atoms with E-state index >= 15 is 0 Å². The van der Waals surface area contributed by atoms with E-state index in [4.69, 9.17) is 4.42 Å². The number of benzene rings is 2. The molecule has 0 atom stereocenters. The minimum Gasteiger partial charge on any atom is -0.423 e. The van der Waals surface area contributed by atoms with E-state index in [9.17, 15) is 0 Å². The molecule has 4 heteroatoms. The quantitative estimate of drug-likeness (QED) is 0.576. The first-order chi connectivity index (χ1) is 10.4. The Morgan fingerprint density at radius 1 is 0.952 bits per heavy atom. The number of aromatic amines is 1. The van der Waals surface area contributed by atoms with E-state index in [0.717, 1.165) is 27.9 Å². The molecule has 0 aliphatic carbocycles. The molecule has 21 heavy (non-hydrogen) atoms. The molecule has 0 amide bonds. The zero-order valence-electron chi connectivity index (χ0n) is 11.2. The molecule has 0 aliphatic rings. The average Bonchev–Trinajstić information content (AvgIpc) is 3.17. The summed E-state index contributed by atoms with van der Waals surface area (Å²) in [6.45, 7) is 0. The number of hydrogen-bond acceptors (Lipinski definition) is 3. The Morgan fingerprint density at radius 3 is 2.76 bits per heavy atom. The summed E-state index contributed by atoms with van der Waals surface area (Å²) in [4.78, 5) is 7.48.